The van der Waals surface area contributed by atoms with Crippen LogP contribution in [0, 0.1) is 11.3 Å². The first-order valence-corrected chi connectivity index (χ1v) is 13.5. The highest BCUT2D eigenvalue weighted by molar-refractivity contribution is 5.95. The summed E-state index contributed by atoms with van der Waals surface area (Å²) >= 11 is 0. The monoisotopic (exact) mass is 527 g/mol. The van der Waals surface area contributed by atoms with Crippen molar-refractivity contribution in [2.24, 2.45) is 0 Å². The van der Waals surface area contributed by atoms with Crippen LogP contribution in [0.3, 0.4) is 0 Å². The number of nitrogens with zero attached hydrogens (tertiary/aromatic N) is 4. The van der Waals surface area contributed by atoms with Gasteiger partial charge in [-0.2, -0.15) is 10.4 Å². The molecule has 0 aliphatic heterocycles. The van der Waals surface area contributed by atoms with E-state index < -0.39 is 5.54 Å². The van der Waals surface area contributed by atoms with Gasteiger partial charge in [0.15, 0.2) is 0 Å². The average Bonchev–Trinajstić information content (AvgIpc) is 3.71. The Kier molecular flexibility index (Phi) is 5.99. The molecule has 1 N–H and O–H groups in total. The van der Waals surface area contributed by atoms with E-state index in [0.29, 0.717) is 5.56 Å². The molecule has 41 heavy (non-hydrogen) atoms. The molecule has 0 aliphatic carbocycles. The Hall–Kier alpha value is -5.73. The Morgan fingerprint density at radius 2 is 1.24 bits per heavy atom. The molecule has 3 aromatic heterocycles. The highest BCUT2D eigenvalue weighted by Crippen LogP contribution is 2.41. The number of aromatic amines is 1. The molecule has 7 aromatic rings. The van der Waals surface area contributed by atoms with Gasteiger partial charge in [0.25, 0.3) is 0 Å². The Balaban J connectivity index is 1.41. The molecule has 0 amide bonds. The third kappa shape index (κ3) is 4.10. The summed E-state index contributed by atoms with van der Waals surface area (Å²) in [6.45, 7) is 0. The number of H-pyrrole nitrogens is 1. The van der Waals surface area contributed by atoms with Crippen LogP contribution in [0.15, 0.2) is 146 Å². The van der Waals surface area contributed by atoms with Gasteiger partial charge in [-0.1, -0.05) is 103 Å². The van der Waals surface area contributed by atoms with Gasteiger partial charge >= 0.3 is 0 Å². The first-order chi connectivity index (χ1) is 20.3. The van der Waals surface area contributed by atoms with Crippen LogP contribution in [0.4, 0.5) is 0 Å². The van der Waals surface area contributed by atoms with Gasteiger partial charge in [0, 0.05) is 40.7 Å². The predicted molar refractivity (Wildman–Crippen MR) is 162 cm³/mol. The fourth-order valence-electron chi connectivity index (χ4n) is 5.72. The molecule has 0 aliphatic rings. The van der Waals surface area contributed by atoms with E-state index in [2.05, 4.69) is 101 Å². The Bertz CT molecular complexity index is 1880. The second-order valence-electron chi connectivity index (χ2n) is 9.99. The van der Waals surface area contributed by atoms with Gasteiger partial charge in [-0.25, -0.2) is 4.98 Å². The van der Waals surface area contributed by atoms with E-state index in [1.54, 1.807) is 0 Å². The van der Waals surface area contributed by atoms with Crippen LogP contribution in [0.5, 0.6) is 0 Å². The van der Waals surface area contributed by atoms with Crippen LogP contribution in [0.25, 0.3) is 33.3 Å². The van der Waals surface area contributed by atoms with Crippen molar-refractivity contribution < 1.29 is 0 Å². The molecule has 194 valence electrons. The molecular formula is C36H25N5. The summed E-state index contributed by atoms with van der Waals surface area (Å²) < 4.78 is 2.08. The van der Waals surface area contributed by atoms with Crippen LogP contribution >= 0.6 is 0 Å². The molecule has 3 heterocycles. The zero-order valence-electron chi connectivity index (χ0n) is 22.1. The normalized spacial score (nSPS) is 11.4. The lowest BCUT2D eigenvalue weighted by Gasteiger charge is -2.36. The van der Waals surface area contributed by atoms with Gasteiger partial charge < -0.3 is 4.98 Å². The van der Waals surface area contributed by atoms with Gasteiger partial charge in [-0.15, -0.1) is 0 Å². The third-order valence-electron chi connectivity index (χ3n) is 7.69. The molecule has 4 aromatic carbocycles. The standard InChI is InChI=1S/C36H25N5/c37-21-26-16-18-27(19-17-26)28-20-33-34(24-39-35(33)38-22-28)29-23-40-41(25-29)36(30-10-4-1-5-11-30,31-12-6-2-7-13-31)32-14-8-3-9-15-32/h1-20,22-25H,(H,38,39). The summed E-state index contributed by atoms with van der Waals surface area (Å²) in [5.74, 6) is 0. The van der Waals surface area contributed by atoms with Gasteiger partial charge in [0.2, 0.25) is 0 Å². The van der Waals surface area contributed by atoms with E-state index in [1.165, 1.54) is 0 Å². The third-order valence-corrected chi connectivity index (χ3v) is 7.69. The fourth-order valence-corrected chi connectivity index (χ4v) is 5.72. The molecule has 0 radical (unpaired) electrons. The molecule has 7 rings (SSSR count). The Labute approximate surface area is 238 Å². The minimum absolute atomic E-state index is 0.635. The van der Waals surface area contributed by atoms with E-state index in [9.17, 15) is 5.26 Å². The van der Waals surface area contributed by atoms with Gasteiger partial charge in [-0.3, -0.25) is 4.68 Å². The quantitative estimate of drug-likeness (QED) is 0.224. The maximum atomic E-state index is 9.18. The number of rotatable bonds is 6. The van der Waals surface area contributed by atoms with E-state index >= 15 is 0 Å². The zero-order chi connectivity index (χ0) is 27.6. The second-order valence-corrected chi connectivity index (χ2v) is 9.99. The van der Waals surface area contributed by atoms with E-state index in [1.807, 2.05) is 61.1 Å². The predicted octanol–water partition coefficient (Wildman–Crippen LogP) is 7.81. The van der Waals surface area contributed by atoms with Gasteiger partial charge in [0.05, 0.1) is 17.8 Å². The summed E-state index contributed by atoms with van der Waals surface area (Å²) in [4.78, 5) is 8.03. The fraction of sp³-hybridized carbons (Fsp3) is 0.0278. The molecule has 0 fully saturated rings. The van der Waals surface area contributed by atoms with E-state index in [4.69, 9.17) is 10.1 Å². The second kappa shape index (κ2) is 10.1. The van der Waals surface area contributed by atoms with Crippen LogP contribution in [0.2, 0.25) is 0 Å². The molecule has 0 saturated heterocycles. The van der Waals surface area contributed by atoms with Crippen LogP contribution < -0.4 is 0 Å². The number of nitriles is 1. The number of nitrogens with one attached hydrogen (secondary N) is 1. The molecule has 0 atom stereocenters. The molecule has 5 nitrogen and oxygen atoms in total. The van der Waals surface area contributed by atoms with Crippen LogP contribution in [-0.2, 0) is 5.54 Å². The van der Waals surface area contributed by atoms with Crippen molar-refractivity contribution in [3.8, 4) is 28.3 Å². The number of aromatic nitrogens is 4. The molecule has 0 saturated carbocycles. The number of pyridine rings is 1. The summed E-state index contributed by atoms with van der Waals surface area (Å²) in [5.41, 5.74) is 8.14. The van der Waals surface area contributed by atoms with Crippen LogP contribution in [0.1, 0.15) is 22.3 Å². The molecule has 0 unspecified atom stereocenters. The van der Waals surface area contributed by atoms with Crippen molar-refractivity contribution >= 4 is 11.0 Å². The lowest BCUT2D eigenvalue weighted by molar-refractivity contribution is 0.460. The highest BCUT2D eigenvalue weighted by Gasteiger charge is 2.39. The van der Waals surface area contributed by atoms with E-state index in [0.717, 1.165) is 50.0 Å². The maximum Gasteiger partial charge on any atom is 0.138 e. The molecule has 0 bridgehead atoms. The summed E-state index contributed by atoms with van der Waals surface area (Å²) in [5, 5.41) is 15.2. The lowest BCUT2D eigenvalue weighted by atomic mass is 9.77. The Morgan fingerprint density at radius 3 is 1.80 bits per heavy atom. The molecule has 5 heteroatoms. The molecular weight excluding hydrogens is 502 g/mol. The van der Waals surface area contributed by atoms with Gasteiger partial charge in [-0.05, 0) is 40.5 Å². The summed E-state index contributed by atoms with van der Waals surface area (Å²) in [7, 11) is 0. The number of benzene rings is 4. The highest BCUT2D eigenvalue weighted by atomic mass is 15.3. The van der Waals surface area contributed by atoms with Crippen molar-refractivity contribution in [1.82, 2.24) is 19.7 Å². The number of fused-ring (bicyclic) bond motifs is 1. The van der Waals surface area contributed by atoms with Crippen molar-refractivity contribution in [3.05, 3.63) is 168 Å². The Morgan fingerprint density at radius 1 is 0.659 bits per heavy atom. The molecule has 0 spiro atoms. The van der Waals surface area contributed by atoms with Crippen LogP contribution in [-0.4, -0.2) is 19.7 Å². The van der Waals surface area contributed by atoms with Crippen molar-refractivity contribution in [2.45, 2.75) is 5.54 Å². The minimum Gasteiger partial charge on any atom is -0.346 e. The zero-order valence-corrected chi connectivity index (χ0v) is 22.1. The van der Waals surface area contributed by atoms with Crippen molar-refractivity contribution in [1.29, 1.82) is 5.26 Å². The lowest BCUT2D eigenvalue weighted by Crippen LogP contribution is -2.38. The number of hydrogen-bond acceptors (Lipinski definition) is 3. The SMILES string of the molecule is N#Cc1ccc(-c2cnc3[nH]cc(-c4cnn(C(c5ccccc5)(c5ccccc5)c5ccccc5)c4)c3c2)cc1. The van der Waals surface area contributed by atoms with Crippen molar-refractivity contribution in [3.63, 3.8) is 0 Å². The first kappa shape index (κ1) is 24.3. The summed E-state index contributed by atoms with van der Waals surface area (Å²) in [6, 6.07) is 43.5. The van der Waals surface area contributed by atoms with Gasteiger partial charge in [0.1, 0.15) is 11.2 Å². The maximum absolute atomic E-state index is 9.18. The minimum atomic E-state index is -0.681. The summed E-state index contributed by atoms with van der Waals surface area (Å²) in [6.07, 6.45) is 7.92. The number of hydrogen-bond donors (Lipinski definition) is 1. The first-order valence-electron chi connectivity index (χ1n) is 13.5. The van der Waals surface area contributed by atoms with E-state index in [-0.39, 0.29) is 0 Å². The average molecular weight is 528 g/mol. The largest absolute Gasteiger partial charge is 0.346 e. The smallest absolute Gasteiger partial charge is 0.138 e. The topological polar surface area (TPSA) is 70.3 Å². The van der Waals surface area contributed by atoms with Crippen molar-refractivity contribution in [2.75, 3.05) is 0 Å².